The molecule has 3 nitrogen and oxygen atoms in total. The first-order valence-electron chi connectivity index (χ1n) is 7.53. The lowest BCUT2D eigenvalue weighted by atomic mass is 9.70. The molecule has 1 aromatic heterocycles. The summed E-state index contributed by atoms with van der Waals surface area (Å²) in [6, 6.07) is 4.20. The van der Waals surface area contributed by atoms with E-state index in [9.17, 15) is 0 Å². The Kier molecular flexibility index (Phi) is 4.94. The predicted molar refractivity (Wildman–Crippen MR) is 79.7 cm³/mol. The monoisotopic (exact) mass is 261 g/mol. The van der Waals surface area contributed by atoms with Gasteiger partial charge in [-0.25, -0.2) is 0 Å². The zero-order chi connectivity index (χ0) is 13.7. The average molecular weight is 261 g/mol. The summed E-state index contributed by atoms with van der Waals surface area (Å²) in [5, 5.41) is 0. The highest BCUT2D eigenvalue weighted by atomic mass is 15.2. The Labute approximate surface area is 117 Å². The number of hydrogen-bond acceptors (Lipinski definition) is 3. The van der Waals surface area contributed by atoms with Crippen LogP contribution in [0.15, 0.2) is 24.5 Å². The molecule has 2 rings (SSSR count). The molecule has 1 aromatic rings. The molecule has 0 radical (unpaired) electrons. The standard InChI is InChI=1S/C16H27N3/c1-3-15-6-4-5-9-16(15,13-17)19(2)12-14-7-10-18-11-8-14/h7-8,10-11,15H,3-6,9,12-13,17H2,1-2H3. The molecule has 0 aromatic carbocycles. The molecule has 0 bridgehead atoms. The first-order valence-corrected chi connectivity index (χ1v) is 7.53. The van der Waals surface area contributed by atoms with Gasteiger partial charge < -0.3 is 5.73 Å². The molecule has 1 aliphatic rings. The van der Waals surface area contributed by atoms with Crippen LogP contribution in [0.1, 0.15) is 44.6 Å². The number of aromatic nitrogens is 1. The van der Waals surface area contributed by atoms with Gasteiger partial charge in [0.05, 0.1) is 0 Å². The maximum absolute atomic E-state index is 6.20. The lowest BCUT2D eigenvalue weighted by Gasteiger charge is -2.49. The summed E-state index contributed by atoms with van der Waals surface area (Å²) in [4.78, 5) is 6.59. The molecule has 1 aliphatic carbocycles. The van der Waals surface area contributed by atoms with Gasteiger partial charge in [-0.15, -0.1) is 0 Å². The summed E-state index contributed by atoms with van der Waals surface area (Å²) >= 11 is 0. The number of nitrogens with two attached hydrogens (primary N) is 1. The maximum atomic E-state index is 6.20. The Balaban J connectivity index is 2.15. The zero-order valence-electron chi connectivity index (χ0n) is 12.3. The van der Waals surface area contributed by atoms with Crippen molar-refractivity contribution in [3.63, 3.8) is 0 Å². The van der Waals surface area contributed by atoms with E-state index in [1.165, 1.54) is 37.7 Å². The Bertz CT molecular complexity index is 379. The number of nitrogens with zero attached hydrogens (tertiary/aromatic N) is 2. The van der Waals surface area contributed by atoms with Gasteiger partial charge in [-0.05, 0) is 43.5 Å². The summed E-state index contributed by atoms with van der Waals surface area (Å²) in [7, 11) is 2.24. The Morgan fingerprint density at radius 3 is 2.74 bits per heavy atom. The van der Waals surface area contributed by atoms with Gasteiger partial charge in [0.1, 0.15) is 0 Å². The molecule has 106 valence electrons. The third kappa shape index (κ3) is 2.98. The fourth-order valence-electron chi connectivity index (χ4n) is 3.73. The second kappa shape index (κ2) is 6.49. The van der Waals surface area contributed by atoms with E-state index in [0.29, 0.717) is 0 Å². The predicted octanol–water partition coefficient (Wildman–Crippen LogP) is 2.81. The minimum absolute atomic E-state index is 0.191. The first-order chi connectivity index (χ1) is 9.23. The Morgan fingerprint density at radius 1 is 1.37 bits per heavy atom. The van der Waals surface area contributed by atoms with E-state index < -0.39 is 0 Å². The third-order valence-corrected chi connectivity index (χ3v) is 4.95. The largest absolute Gasteiger partial charge is 0.329 e. The first kappa shape index (κ1) is 14.5. The molecule has 1 heterocycles. The van der Waals surface area contributed by atoms with Crippen LogP contribution >= 0.6 is 0 Å². The van der Waals surface area contributed by atoms with Crippen LogP contribution in [0.3, 0.4) is 0 Å². The van der Waals surface area contributed by atoms with Crippen molar-refractivity contribution in [1.82, 2.24) is 9.88 Å². The summed E-state index contributed by atoms with van der Waals surface area (Å²) in [5.41, 5.74) is 7.72. The molecule has 0 spiro atoms. The molecule has 0 aliphatic heterocycles. The van der Waals surface area contributed by atoms with Gasteiger partial charge in [-0.1, -0.05) is 26.2 Å². The number of likely N-dealkylation sites (N-methyl/N-ethyl adjacent to an activating group) is 1. The summed E-state index contributed by atoms with van der Waals surface area (Å²) < 4.78 is 0. The fourth-order valence-corrected chi connectivity index (χ4v) is 3.73. The van der Waals surface area contributed by atoms with Crippen molar-refractivity contribution in [1.29, 1.82) is 0 Å². The van der Waals surface area contributed by atoms with Gasteiger partial charge in [-0.3, -0.25) is 9.88 Å². The summed E-state index contributed by atoms with van der Waals surface area (Å²) in [5.74, 6) is 0.734. The highest BCUT2D eigenvalue weighted by molar-refractivity contribution is 5.11. The van der Waals surface area contributed by atoms with E-state index in [-0.39, 0.29) is 5.54 Å². The number of hydrogen-bond donors (Lipinski definition) is 1. The third-order valence-electron chi connectivity index (χ3n) is 4.95. The second-order valence-corrected chi connectivity index (χ2v) is 5.87. The zero-order valence-corrected chi connectivity index (χ0v) is 12.3. The van der Waals surface area contributed by atoms with E-state index in [2.05, 4.69) is 36.0 Å². The van der Waals surface area contributed by atoms with Crippen molar-refractivity contribution in [2.75, 3.05) is 13.6 Å². The van der Waals surface area contributed by atoms with Crippen molar-refractivity contribution in [3.05, 3.63) is 30.1 Å². The summed E-state index contributed by atoms with van der Waals surface area (Å²) in [6.45, 7) is 4.05. The highest BCUT2D eigenvalue weighted by Gasteiger charge is 2.41. The molecule has 2 atom stereocenters. The van der Waals surface area contributed by atoms with Crippen LogP contribution in [0.4, 0.5) is 0 Å². The quantitative estimate of drug-likeness (QED) is 0.886. The van der Waals surface area contributed by atoms with Gasteiger partial charge in [0.15, 0.2) is 0 Å². The average Bonchev–Trinajstić information content (AvgIpc) is 2.47. The molecular weight excluding hydrogens is 234 g/mol. The van der Waals surface area contributed by atoms with Gasteiger partial charge >= 0.3 is 0 Å². The van der Waals surface area contributed by atoms with Crippen molar-refractivity contribution >= 4 is 0 Å². The SMILES string of the molecule is CCC1CCCCC1(CN)N(C)Cc1ccncc1. The van der Waals surface area contributed by atoms with Crippen LogP contribution in [0.5, 0.6) is 0 Å². The van der Waals surface area contributed by atoms with Crippen LogP contribution in [-0.4, -0.2) is 29.0 Å². The maximum Gasteiger partial charge on any atom is 0.0360 e. The smallest absolute Gasteiger partial charge is 0.0360 e. The van der Waals surface area contributed by atoms with Gasteiger partial charge in [-0.2, -0.15) is 0 Å². The molecule has 0 saturated heterocycles. The lowest BCUT2D eigenvalue weighted by molar-refractivity contribution is 0.0177. The minimum atomic E-state index is 0.191. The Morgan fingerprint density at radius 2 is 2.11 bits per heavy atom. The molecule has 3 heteroatoms. The molecule has 0 amide bonds. The molecular formula is C16H27N3. The van der Waals surface area contributed by atoms with Crippen LogP contribution in [0, 0.1) is 5.92 Å². The fraction of sp³-hybridized carbons (Fsp3) is 0.688. The van der Waals surface area contributed by atoms with E-state index in [1.54, 1.807) is 0 Å². The van der Waals surface area contributed by atoms with Gasteiger partial charge in [0.25, 0.3) is 0 Å². The molecule has 2 N–H and O–H groups in total. The topological polar surface area (TPSA) is 42.1 Å². The molecule has 1 saturated carbocycles. The van der Waals surface area contributed by atoms with E-state index in [4.69, 9.17) is 5.73 Å². The number of rotatable bonds is 5. The van der Waals surface area contributed by atoms with Crippen molar-refractivity contribution in [3.8, 4) is 0 Å². The van der Waals surface area contributed by atoms with Crippen LogP contribution in [-0.2, 0) is 6.54 Å². The second-order valence-electron chi connectivity index (χ2n) is 5.87. The Hall–Kier alpha value is -0.930. The summed E-state index contributed by atoms with van der Waals surface area (Å²) in [6.07, 6.45) is 10.2. The van der Waals surface area contributed by atoms with Crippen molar-refractivity contribution in [2.45, 2.75) is 51.1 Å². The molecule has 2 unspecified atom stereocenters. The van der Waals surface area contributed by atoms with Crippen molar-refractivity contribution in [2.24, 2.45) is 11.7 Å². The normalized spacial score (nSPS) is 27.7. The van der Waals surface area contributed by atoms with Crippen LogP contribution in [0.25, 0.3) is 0 Å². The minimum Gasteiger partial charge on any atom is -0.329 e. The molecule has 19 heavy (non-hydrogen) atoms. The van der Waals surface area contributed by atoms with Gasteiger partial charge in [0, 0.05) is 31.0 Å². The lowest BCUT2D eigenvalue weighted by Crippen LogP contribution is -2.58. The van der Waals surface area contributed by atoms with E-state index in [1.807, 2.05) is 12.4 Å². The highest BCUT2D eigenvalue weighted by Crippen LogP contribution is 2.39. The van der Waals surface area contributed by atoms with E-state index >= 15 is 0 Å². The van der Waals surface area contributed by atoms with Crippen LogP contribution < -0.4 is 5.73 Å². The number of pyridine rings is 1. The van der Waals surface area contributed by atoms with Gasteiger partial charge in [0.2, 0.25) is 0 Å². The van der Waals surface area contributed by atoms with Crippen LogP contribution in [0.2, 0.25) is 0 Å². The molecule has 1 fully saturated rings. The van der Waals surface area contributed by atoms with Crippen molar-refractivity contribution < 1.29 is 0 Å². The van der Waals surface area contributed by atoms with E-state index in [0.717, 1.165) is 19.0 Å².